The van der Waals surface area contributed by atoms with Crippen LogP contribution in [0.15, 0.2) is 65.8 Å². The molecule has 4 nitrogen and oxygen atoms in total. The first-order chi connectivity index (χ1) is 11.6. The van der Waals surface area contributed by atoms with E-state index in [2.05, 4.69) is 0 Å². The topological polar surface area (TPSA) is 41.9 Å². The maximum Gasteiger partial charge on any atom is 0.317 e. The number of hydrogen-bond donors (Lipinski definition) is 0. The van der Waals surface area contributed by atoms with Gasteiger partial charge in [0, 0.05) is 0 Å². The minimum absolute atomic E-state index is 0.204. The molecule has 4 heteroatoms. The highest BCUT2D eigenvalue weighted by atomic mass is 16.5. The Bertz CT molecular complexity index is 711. The summed E-state index contributed by atoms with van der Waals surface area (Å²) in [5, 5.41) is 6.59. The molecule has 0 amide bonds. The predicted molar refractivity (Wildman–Crippen MR) is 96.1 cm³/mol. The monoisotopic (exact) mass is 322 g/mol. The largest absolute Gasteiger partial charge is 0.465 e. The third-order valence-corrected chi connectivity index (χ3v) is 3.88. The van der Waals surface area contributed by atoms with Crippen molar-refractivity contribution in [3.8, 4) is 0 Å². The van der Waals surface area contributed by atoms with Crippen LogP contribution in [0.25, 0.3) is 0 Å². The van der Waals surface area contributed by atoms with Gasteiger partial charge in [0.1, 0.15) is 5.92 Å². The Labute approximate surface area is 142 Å². The Kier molecular flexibility index (Phi) is 4.94. The minimum atomic E-state index is -0.369. The van der Waals surface area contributed by atoms with E-state index in [1.807, 2.05) is 79.5 Å². The second-order valence-corrected chi connectivity index (χ2v) is 6.35. The first kappa shape index (κ1) is 16.2. The minimum Gasteiger partial charge on any atom is -0.465 e. The molecule has 0 radical (unpaired) electrons. The molecule has 0 unspecified atom stereocenters. The van der Waals surface area contributed by atoms with Gasteiger partial charge in [-0.15, -0.1) is 0 Å². The Morgan fingerprint density at radius 2 is 1.75 bits per heavy atom. The molecular weight excluding hydrogens is 300 g/mol. The molecule has 0 fully saturated rings. The molecule has 1 heterocycles. The summed E-state index contributed by atoms with van der Waals surface area (Å²) in [6, 6.07) is 19.7. The predicted octanol–water partition coefficient (Wildman–Crippen LogP) is 3.73. The van der Waals surface area contributed by atoms with Gasteiger partial charge in [-0.1, -0.05) is 62.4 Å². The Morgan fingerprint density at radius 3 is 2.38 bits per heavy atom. The SMILES string of the molecule is CC(C)COC(=O)[C@@H]1CN(c2ccccc2)N=C1c1ccccc1. The van der Waals surface area contributed by atoms with Gasteiger partial charge in [0.25, 0.3) is 0 Å². The normalized spacial score (nSPS) is 17.0. The Balaban J connectivity index is 1.87. The third kappa shape index (κ3) is 3.65. The first-order valence-electron chi connectivity index (χ1n) is 8.28. The van der Waals surface area contributed by atoms with Crippen molar-refractivity contribution in [2.45, 2.75) is 13.8 Å². The maximum absolute atomic E-state index is 12.6. The summed E-state index contributed by atoms with van der Waals surface area (Å²) in [6.45, 7) is 5.00. The molecule has 2 aromatic rings. The maximum atomic E-state index is 12.6. The summed E-state index contributed by atoms with van der Waals surface area (Å²) in [7, 11) is 0. The van der Waals surface area contributed by atoms with Crippen LogP contribution in [0.4, 0.5) is 5.69 Å². The molecule has 0 saturated heterocycles. The van der Waals surface area contributed by atoms with Gasteiger partial charge >= 0.3 is 5.97 Å². The van der Waals surface area contributed by atoms with Gasteiger partial charge in [-0.3, -0.25) is 9.80 Å². The van der Waals surface area contributed by atoms with Crippen LogP contribution in [0, 0.1) is 11.8 Å². The van der Waals surface area contributed by atoms with Gasteiger partial charge < -0.3 is 4.74 Å². The number of rotatable bonds is 5. The molecular formula is C20H22N2O2. The number of carbonyl (C=O) groups excluding carboxylic acids is 1. The second kappa shape index (κ2) is 7.30. The van der Waals surface area contributed by atoms with Crippen molar-refractivity contribution in [2.75, 3.05) is 18.2 Å². The van der Waals surface area contributed by atoms with E-state index in [0.29, 0.717) is 19.1 Å². The fraction of sp³-hybridized carbons (Fsp3) is 0.300. The van der Waals surface area contributed by atoms with Crippen LogP contribution in [0.5, 0.6) is 0 Å². The highest BCUT2D eigenvalue weighted by Crippen LogP contribution is 2.26. The quantitative estimate of drug-likeness (QED) is 0.788. The van der Waals surface area contributed by atoms with Crippen LogP contribution in [0.2, 0.25) is 0 Å². The molecule has 3 rings (SSSR count). The van der Waals surface area contributed by atoms with Gasteiger partial charge in [-0.05, 0) is 23.6 Å². The smallest absolute Gasteiger partial charge is 0.317 e. The number of carbonyl (C=O) groups is 1. The molecule has 0 spiro atoms. The lowest BCUT2D eigenvalue weighted by Crippen LogP contribution is -2.30. The van der Waals surface area contributed by atoms with Gasteiger partial charge in [0.05, 0.1) is 24.6 Å². The van der Waals surface area contributed by atoms with Crippen molar-refractivity contribution >= 4 is 17.4 Å². The molecule has 2 aromatic carbocycles. The highest BCUT2D eigenvalue weighted by molar-refractivity contribution is 6.13. The van der Waals surface area contributed by atoms with Gasteiger partial charge in [0.15, 0.2) is 0 Å². The van der Waals surface area contributed by atoms with Crippen LogP contribution >= 0.6 is 0 Å². The van der Waals surface area contributed by atoms with E-state index in [1.54, 1.807) is 0 Å². The van der Waals surface area contributed by atoms with Crippen molar-refractivity contribution in [2.24, 2.45) is 16.9 Å². The van der Waals surface area contributed by atoms with Crippen molar-refractivity contribution in [1.29, 1.82) is 0 Å². The van der Waals surface area contributed by atoms with E-state index in [4.69, 9.17) is 9.84 Å². The zero-order valence-corrected chi connectivity index (χ0v) is 14.1. The molecule has 1 atom stereocenters. The molecule has 0 saturated carbocycles. The summed E-state index contributed by atoms with van der Waals surface area (Å²) in [5.74, 6) is -0.256. The van der Waals surface area contributed by atoms with Crippen LogP contribution in [0.1, 0.15) is 19.4 Å². The van der Waals surface area contributed by atoms with Crippen molar-refractivity contribution in [1.82, 2.24) is 0 Å². The van der Waals surface area contributed by atoms with E-state index in [1.165, 1.54) is 0 Å². The van der Waals surface area contributed by atoms with Crippen LogP contribution in [-0.2, 0) is 9.53 Å². The van der Waals surface area contributed by atoms with E-state index in [0.717, 1.165) is 17.0 Å². The van der Waals surface area contributed by atoms with Gasteiger partial charge in [-0.25, -0.2) is 0 Å². The van der Waals surface area contributed by atoms with Crippen LogP contribution in [-0.4, -0.2) is 24.8 Å². The van der Waals surface area contributed by atoms with E-state index < -0.39 is 0 Å². The number of nitrogens with zero attached hydrogens (tertiary/aromatic N) is 2. The number of anilines is 1. The molecule has 0 aromatic heterocycles. The van der Waals surface area contributed by atoms with E-state index in [-0.39, 0.29) is 11.9 Å². The zero-order valence-electron chi connectivity index (χ0n) is 14.1. The Morgan fingerprint density at radius 1 is 1.12 bits per heavy atom. The lowest BCUT2D eigenvalue weighted by atomic mass is 9.97. The molecule has 1 aliphatic rings. The van der Waals surface area contributed by atoms with Crippen LogP contribution < -0.4 is 5.01 Å². The van der Waals surface area contributed by atoms with E-state index in [9.17, 15) is 4.79 Å². The number of para-hydroxylation sites is 1. The lowest BCUT2D eigenvalue weighted by molar-refractivity contribution is -0.146. The van der Waals surface area contributed by atoms with Crippen molar-refractivity contribution in [3.05, 3.63) is 66.2 Å². The average molecular weight is 322 g/mol. The summed E-state index contributed by atoms with van der Waals surface area (Å²) in [5.41, 5.74) is 2.71. The molecule has 0 aliphatic carbocycles. The van der Waals surface area contributed by atoms with Gasteiger partial charge in [-0.2, -0.15) is 5.10 Å². The van der Waals surface area contributed by atoms with E-state index >= 15 is 0 Å². The fourth-order valence-electron chi connectivity index (χ4n) is 2.67. The van der Waals surface area contributed by atoms with Crippen molar-refractivity contribution in [3.63, 3.8) is 0 Å². The average Bonchev–Trinajstić information content (AvgIpc) is 3.06. The van der Waals surface area contributed by atoms with Crippen molar-refractivity contribution < 1.29 is 9.53 Å². The fourth-order valence-corrected chi connectivity index (χ4v) is 2.67. The van der Waals surface area contributed by atoms with Gasteiger partial charge in [0.2, 0.25) is 0 Å². The number of esters is 1. The summed E-state index contributed by atoms with van der Waals surface area (Å²) < 4.78 is 5.48. The third-order valence-electron chi connectivity index (χ3n) is 3.88. The summed E-state index contributed by atoms with van der Waals surface area (Å²) in [6.07, 6.45) is 0. The Hall–Kier alpha value is -2.62. The number of hydrogen-bond acceptors (Lipinski definition) is 4. The second-order valence-electron chi connectivity index (χ2n) is 6.35. The zero-order chi connectivity index (χ0) is 16.9. The molecule has 1 aliphatic heterocycles. The summed E-state index contributed by atoms with van der Waals surface area (Å²) >= 11 is 0. The highest BCUT2D eigenvalue weighted by Gasteiger charge is 2.35. The first-order valence-corrected chi connectivity index (χ1v) is 8.28. The lowest BCUT2D eigenvalue weighted by Gasteiger charge is -2.16. The molecule has 124 valence electrons. The number of hydrazone groups is 1. The molecule has 24 heavy (non-hydrogen) atoms. The summed E-state index contributed by atoms with van der Waals surface area (Å²) in [4.78, 5) is 12.6. The standard InChI is InChI=1S/C20H22N2O2/c1-15(2)14-24-20(23)18-13-22(17-11-7-4-8-12-17)21-19(18)16-9-5-3-6-10-16/h3-12,15,18H,13-14H2,1-2H3/t18-/m1/s1. The van der Waals surface area contributed by atoms with Crippen LogP contribution in [0.3, 0.4) is 0 Å². The number of benzene rings is 2. The number of ether oxygens (including phenoxy) is 1. The molecule has 0 N–H and O–H groups in total. The molecule has 0 bridgehead atoms.